The number of aliphatic imine (C=N–C) groups is 1. The van der Waals surface area contributed by atoms with Crippen LogP contribution in [-0.4, -0.2) is 60.5 Å². The molecule has 1 aromatic rings. The van der Waals surface area contributed by atoms with Crippen LogP contribution in [0.15, 0.2) is 23.5 Å². The molecular weight excluding hydrogens is 266 g/mol. The van der Waals surface area contributed by atoms with E-state index in [0.717, 1.165) is 51.3 Å². The SMILES string of the molecule is CCNC(=NCCn1cccn1)N(C)CCOCC1CC1. The second-order valence-corrected chi connectivity index (χ2v) is 5.44. The summed E-state index contributed by atoms with van der Waals surface area (Å²) in [5.74, 6) is 1.76. The molecular formula is C15H27N5O. The average molecular weight is 293 g/mol. The molecule has 1 fully saturated rings. The number of ether oxygens (including phenoxy) is 1. The highest BCUT2D eigenvalue weighted by molar-refractivity contribution is 5.79. The van der Waals surface area contributed by atoms with Crippen LogP contribution in [0.2, 0.25) is 0 Å². The average Bonchev–Trinajstić information content (AvgIpc) is 3.17. The highest BCUT2D eigenvalue weighted by Gasteiger charge is 2.21. The number of nitrogens with zero attached hydrogens (tertiary/aromatic N) is 4. The van der Waals surface area contributed by atoms with Gasteiger partial charge in [-0.25, -0.2) is 0 Å². The van der Waals surface area contributed by atoms with Crippen LogP contribution in [0.25, 0.3) is 0 Å². The number of aromatic nitrogens is 2. The minimum atomic E-state index is 0.720. The molecule has 118 valence electrons. The third-order valence-corrected chi connectivity index (χ3v) is 3.47. The maximum Gasteiger partial charge on any atom is 0.193 e. The summed E-state index contributed by atoms with van der Waals surface area (Å²) in [5, 5.41) is 7.50. The van der Waals surface area contributed by atoms with Crippen molar-refractivity contribution < 1.29 is 4.74 Å². The van der Waals surface area contributed by atoms with E-state index < -0.39 is 0 Å². The second kappa shape index (κ2) is 8.67. The van der Waals surface area contributed by atoms with E-state index in [2.05, 4.69) is 34.3 Å². The molecule has 1 N–H and O–H groups in total. The molecule has 0 amide bonds. The van der Waals surface area contributed by atoms with Gasteiger partial charge in [0.15, 0.2) is 5.96 Å². The van der Waals surface area contributed by atoms with Gasteiger partial charge >= 0.3 is 0 Å². The zero-order valence-electron chi connectivity index (χ0n) is 13.2. The van der Waals surface area contributed by atoms with Crippen molar-refractivity contribution in [3.63, 3.8) is 0 Å². The van der Waals surface area contributed by atoms with E-state index in [1.54, 1.807) is 6.20 Å². The Labute approximate surface area is 127 Å². The van der Waals surface area contributed by atoms with E-state index in [1.165, 1.54) is 12.8 Å². The summed E-state index contributed by atoms with van der Waals surface area (Å²) in [5.41, 5.74) is 0. The Kier molecular flexibility index (Phi) is 6.53. The van der Waals surface area contributed by atoms with Gasteiger partial charge in [-0.2, -0.15) is 5.10 Å². The van der Waals surface area contributed by atoms with Gasteiger partial charge in [0.05, 0.1) is 19.7 Å². The molecule has 0 atom stereocenters. The van der Waals surface area contributed by atoms with Gasteiger partial charge < -0.3 is 15.0 Å². The van der Waals surface area contributed by atoms with Gasteiger partial charge in [-0.3, -0.25) is 9.67 Å². The first kappa shape index (κ1) is 15.8. The van der Waals surface area contributed by atoms with Crippen LogP contribution in [0.5, 0.6) is 0 Å². The van der Waals surface area contributed by atoms with Crippen molar-refractivity contribution in [1.29, 1.82) is 0 Å². The van der Waals surface area contributed by atoms with Gasteiger partial charge in [-0.1, -0.05) is 0 Å². The van der Waals surface area contributed by atoms with Gasteiger partial charge in [-0.15, -0.1) is 0 Å². The zero-order chi connectivity index (χ0) is 14.9. The molecule has 0 aliphatic heterocycles. The van der Waals surface area contributed by atoms with E-state index in [4.69, 9.17) is 4.74 Å². The maximum absolute atomic E-state index is 5.68. The maximum atomic E-state index is 5.68. The van der Waals surface area contributed by atoms with Crippen molar-refractivity contribution in [2.45, 2.75) is 26.3 Å². The van der Waals surface area contributed by atoms with Crippen LogP contribution in [-0.2, 0) is 11.3 Å². The van der Waals surface area contributed by atoms with Gasteiger partial charge in [0, 0.05) is 39.1 Å². The fourth-order valence-corrected chi connectivity index (χ4v) is 2.00. The first-order valence-electron chi connectivity index (χ1n) is 7.84. The van der Waals surface area contributed by atoms with Gasteiger partial charge in [0.2, 0.25) is 0 Å². The van der Waals surface area contributed by atoms with Crippen LogP contribution >= 0.6 is 0 Å². The van der Waals surface area contributed by atoms with Gasteiger partial charge in [-0.05, 0) is 31.7 Å². The molecule has 0 aromatic carbocycles. The first-order valence-corrected chi connectivity index (χ1v) is 7.84. The van der Waals surface area contributed by atoms with E-state index in [9.17, 15) is 0 Å². The smallest absolute Gasteiger partial charge is 0.193 e. The Balaban J connectivity index is 1.69. The zero-order valence-corrected chi connectivity index (χ0v) is 13.2. The van der Waals surface area contributed by atoms with Crippen molar-refractivity contribution in [1.82, 2.24) is 20.0 Å². The molecule has 1 aliphatic rings. The van der Waals surface area contributed by atoms with Crippen LogP contribution in [0.4, 0.5) is 0 Å². The molecule has 21 heavy (non-hydrogen) atoms. The molecule has 0 radical (unpaired) electrons. The number of hydrogen-bond acceptors (Lipinski definition) is 3. The Hall–Kier alpha value is -1.56. The van der Waals surface area contributed by atoms with E-state index in [-0.39, 0.29) is 0 Å². The monoisotopic (exact) mass is 293 g/mol. The standard InChI is InChI=1S/C15H27N5O/c1-3-16-15(17-8-10-20-9-4-7-18-20)19(2)11-12-21-13-14-5-6-14/h4,7,9,14H,3,5-6,8,10-13H2,1-2H3,(H,16,17). The van der Waals surface area contributed by atoms with Crippen molar-refractivity contribution in [3.05, 3.63) is 18.5 Å². The van der Waals surface area contributed by atoms with Crippen molar-refractivity contribution in [3.8, 4) is 0 Å². The Morgan fingerprint density at radius 3 is 3.05 bits per heavy atom. The normalized spacial score (nSPS) is 15.2. The Morgan fingerprint density at radius 1 is 1.52 bits per heavy atom. The molecule has 1 saturated carbocycles. The molecule has 0 saturated heterocycles. The molecule has 6 nitrogen and oxygen atoms in total. The summed E-state index contributed by atoms with van der Waals surface area (Å²) in [6.07, 6.45) is 6.43. The molecule has 0 bridgehead atoms. The lowest BCUT2D eigenvalue weighted by Crippen LogP contribution is -2.40. The third kappa shape index (κ3) is 6.16. The molecule has 2 rings (SSSR count). The second-order valence-electron chi connectivity index (χ2n) is 5.44. The minimum absolute atomic E-state index is 0.720. The predicted molar refractivity (Wildman–Crippen MR) is 84.4 cm³/mol. The molecule has 0 unspecified atom stereocenters. The predicted octanol–water partition coefficient (Wildman–Crippen LogP) is 1.21. The minimum Gasteiger partial charge on any atom is -0.379 e. The van der Waals surface area contributed by atoms with Crippen molar-refractivity contribution in [2.24, 2.45) is 10.9 Å². The summed E-state index contributed by atoms with van der Waals surface area (Å²) in [6.45, 7) is 7.01. The molecule has 1 aromatic heterocycles. The van der Waals surface area contributed by atoms with Crippen molar-refractivity contribution in [2.75, 3.05) is 39.9 Å². The van der Waals surface area contributed by atoms with Crippen LogP contribution in [0.3, 0.4) is 0 Å². The fraction of sp³-hybridized carbons (Fsp3) is 0.733. The number of likely N-dealkylation sites (N-methyl/N-ethyl adjacent to an activating group) is 1. The number of nitrogens with one attached hydrogen (secondary N) is 1. The summed E-state index contributed by atoms with van der Waals surface area (Å²) in [4.78, 5) is 6.75. The van der Waals surface area contributed by atoms with Crippen LogP contribution in [0.1, 0.15) is 19.8 Å². The number of hydrogen-bond donors (Lipinski definition) is 1. The van der Waals surface area contributed by atoms with Gasteiger partial charge in [0.1, 0.15) is 0 Å². The first-order chi connectivity index (χ1) is 10.3. The van der Waals surface area contributed by atoms with E-state index in [1.807, 2.05) is 16.9 Å². The summed E-state index contributed by atoms with van der Waals surface area (Å²) >= 11 is 0. The fourth-order valence-electron chi connectivity index (χ4n) is 2.00. The number of guanidine groups is 1. The van der Waals surface area contributed by atoms with Crippen molar-refractivity contribution >= 4 is 5.96 Å². The van der Waals surface area contributed by atoms with E-state index >= 15 is 0 Å². The van der Waals surface area contributed by atoms with E-state index in [0.29, 0.717) is 0 Å². The number of rotatable bonds is 9. The molecule has 1 aliphatic carbocycles. The summed E-state index contributed by atoms with van der Waals surface area (Å²) in [7, 11) is 2.05. The van der Waals surface area contributed by atoms with Crippen LogP contribution in [0, 0.1) is 5.92 Å². The largest absolute Gasteiger partial charge is 0.379 e. The topological polar surface area (TPSA) is 54.7 Å². The lowest BCUT2D eigenvalue weighted by Gasteiger charge is -2.22. The Morgan fingerprint density at radius 2 is 2.38 bits per heavy atom. The quantitative estimate of drug-likeness (QED) is 0.422. The van der Waals surface area contributed by atoms with Gasteiger partial charge in [0.25, 0.3) is 0 Å². The molecule has 1 heterocycles. The Bertz CT molecular complexity index is 414. The highest BCUT2D eigenvalue weighted by atomic mass is 16.5. The highest BCUT2D eigenvalue weighted by Crippen LogP contribution is 2.28. The lowest BCUT2D eigenvalue weighted by atomic mass is 10.5. The van der Waals surface area contributed by atoms with Crippen LogP contribution < -0.4 is 5.32 Å². The lowest BCUT2D eigenvalue weighted by molar-refractivity contribution is 0.115. The third-order valence-electron chi connectivity index (χ3n) is 3.47. The summed E-state index contributed by atoms with van der Waals surface area (Å²) < 4.78 is 7.58. The summed E-state index contributed by atoms with van der Waals surface area (Å²) in [6, 6.07) is 1.93. The molecule has 0 spiro atoms. The molecule has 6 heteroatoms.